The van der Waals surface area contributed by atoms with E-state index in [0.29, 0.717) is 10.4 Å². The number of nitrogens with one attached hydrogen (secondary N) is 3. The number of hydrogen-bond acceptors (Lipinski definition) is 4. The van der Waals surface area contributed by atoms with Crippen LogP contribution in [0.1, 0.15) is 43.0 Å². The summed E-state index contributed by atoms with van der Waals surface area (Å²) in [4.78, 5) is 37.4. The molecule has 1 aromatic heterocycles. The van der Waals surface area contributed by atoms with Crippen molar-refractivity contribution in [1.29, 1.82) is 0 Å². The summed E-state index contributed by atoms with van der Waals surface area (Å²) in [6, 6.07) is 8.86. The first kappa shape index (κ1) is 18.7. The average Bonchev–Trinajstić information content (AvgIpc) is 2.98. The summed E-state index contributed by atoms with van der Waals surface area (Å²) in [7, 11) is 0. The van der Waals surface area contributed by atoms with Crippen molar-refractivity contribution in [1.82, 2.24) is 16.2 Å². The van der Waals surface area contributed by atoms with Crippen molar-refractivity contribution >= 4 is 29.1 Å². The summed E-state index contributed by atoms with van der Waals surface area (Å²) in [5.41, 5.74) is 7.16. The summed E-state index contributed by atoms with van der Waals surface area (Å²) >= 11 is 1.40. The third-order valence-electron chi connectivity index (χ3n) is 3.57. The maximum atomic E-state index is 12.0. The second-order valence-electron chi connectivity index (χ2n) is 5.62. The first-order valence-corrected chi connectivity index (χ1v) is 8.75. The number of amides is 3. The number of hydrogen-bond donors (Lipinski definition) is 3. The van der Waals surface area contributed by atoms with E-state index < -0.39 is 5.91 Å². The van der Waals surface area contributed by atoms with Gasteiger partial charge >= 0.3 is 0 Å². The Labute approximate surface area is 150 Å². The Balaban J connectivity index is 1.80. The van der Waals surface area contributed by atoms with E-state index in [0.717, 1.165) is 22.4 Å². The quantitative estimate of drug-likeness (QED) is 0.715. The Kier molecular flexibility index (Phi) is 6.30. The highest BCUT2D eigenvalue weighted by molar-refractivity contribution is 7.14. The molecule has 0 spiro atoms. The van der Waals surface area contributed by atoms with Crippen LogP contribution in [0.2, 0.25) is 0 Å². The van der Waals surface area contributed by atoms with Crippen LogP contribution in [0.5, 0.6) is 0 Å². The number of thiophene rings is 1. The number of benzene rings is 1. The highest BCUT2D eigenvalue weighted by Gasteiger charge is 2.13. The minimum absolute atomic E-state index is 0.225. The second-order valence-corrected chi connectivity index (χ2v) is 6.76. The van der Waals surface area contributed by atoms with Gasteiger partial charge < -0.3 is 5.32 Å². The molecule has 1 heterocycles. The van der Waals surface area contributed by atoms with Crippen LogP contribution in [0.25, 0.3) is 0 Å². The number of carbonyl (C=O) groups is 3. The van der Waals surface area contributed by atoms with E-state index in [1.807, 2.05) is 26.8 Å². The van der Waals surface area contributed by atoms with Crippen LogP contribution in [0.15, 0.2) is 30.3 Å². The molecule has 6 nitrogen and oxygen atoms in total. The van der Waals surface area contributed by atoms with Crippen molar-refractivity contribution in [2.75, 3.05) is 6.54 Å². The number of carbonyl (C=O) groups excluding carboxylic acids is 3. The minimum Gasteiger partial charge on any atom is -0.343 e. The normalized spacial score (nSPS) is 10.2. The Morgan fingerprint density at radius 1 is 1.04 bits per heavy atom. The molecule has 1 aromatic carbocycles. The molecule has 0 aliphatic carbocycles. The average molecular weight is 359 g/mol. The Morgan fingerprint density at radius 2 is 1.80 bits per heavy atom. The molecule has 0 bridgehead atoms. The molecule has 25 heavy (non-hydrogen) atoms. The molecule has 2 rings (SSSR count). The molecule has 0 saturated carbocycles. The van der Waals surface area contributed by atoms with Gasteiger partial charge in [-0.1, -0.05) is 24.6 Å². The van der Waals surface area contributed by atoms with Gasteiger partial charge in [-0.25, -0.2) is 0 Å². The SMILES string of the molecule is CCc1sc(C(=O)NNC(=O)CNC(=O)c2cccc(C)c2)cc1C. The first-order valence-electron chi connectivity index (χ1n) is 7.94. The van der Waals surface area contributed by atoms with Gasteiger partial charge in [0.1, 0.15) is 0 Å². The molecule has 0 saturated heterocycles. The van der Waals surface area contributed by atoms with Crippen LogP contribution in [-0.4, -0.2) is 24.3 Å². The highest BCUT2D eigenvalue weighted by Crippen LogP contribution is 2.21. The van der Waals surface area contributed by atoms with Gasteiger partial charge in [-0.3, -0.25) is 25.2 Å². The third kappa shape index (κ3) is 5.15. The lowest BCUT2D eigenvalue weighted by Crippen LogP contribution is -2.46. The van der Waals surface area contributed by atoms with Gasteiger partial charge in [0.25, 0.3) is 17.7 Å². The van der Waals surface area contributed by atoms with Gasteiger partial charge in [-0.15, -0.1) is 11.3 Å². The van der Waals surface area contributed by atoms with Crippen LogP contribution in [0.3, 0.4) is 0 Å². The Bertz CT molecular complexity index is 799. The zero-order chi connectivity index (χ0) is 18.4. The van der Waals surface area contributed by atoms with Crippen molar-refractivity contribution in [2.45, 2.75) is 27.2 Å². The third-order valence-corrected chi connectivity index (χ3v) is 4.95. The molecule has 132 valence electrons. The van der Waals surface area contributed by atoms with Crippen LogP contribution in [0.4, 0.5) is 0 Å². The maximum Gasteiger partial charge on any atom is 0.279 e. The molecule has 0 atom stereocenters. The summed E-state index contributed by atoms with van der Waals surface area (Å²) in [5.74, 6) is -1.21. The van der Waals surface area contributed by atoms with Crippen molar-refractivity contribution < 1.29 is 14.4 Å². The van der Waals surface area contributed by atoms with E-state index in [9.17, 15) is 14.4 Å². The molecule has 0 aliphatic rings. The topological polar surface area (TPSA) is 87.3 Å². The van der Waals surface area contributed by atoms with Crippen molar-refractivity contribution in [3.63, 3.8) is 0 Å². The summed E-state index contributed by atoms with van der Waals surface area (Å²) < 4.78 is 0. The fraction of sp³-hybridized carbons (Fsp3) is 0.278. The van der Waals surface area contributed by atoms with Gasteiger partial charge in [0.2, 0.25) is 0 Å². The lowest BCUT2D eigenvalue weighted by atomic mass is 10.1. The first-order chi connectivity index (χ1) is 11.9. The molecule has 3 N–H and O–H groups in total. The number of rotatable bonds is 5. The van der Waals surface area contributed by atoms with Gasteiger partial charge in [0.15, 0.2) is 0 Å². The summed E-state index contributed by atoms with van der Waals surface area (Å²) in [5, 5.41) is 2.51. The predicted molar refractivity (Wildman–Crippen MR) is 97.6 cm³/mol. The summed E-state index contributed by atoms with van der Waals surface area (Å²) in [6.07, 6.45) is 0.862. The van der Waals surface area contributed by atoms with E-state index >= 15 is 0 Å². The van der Waals surface area contributed by atoms with E-state index in [2.05, 4.69) is 16.2 Å². The van der Waals surface area contributed by atoms with E-state index in [-0.39, 0.29) is 18.4 Å². The van der Waals surface area contributed by atoms with Crippen LogP contribution >= 0.6 is 11.3 Å². The molecule has 2 aromatic rings. The monoisotopic (exact) mass is 359 g/mol. The Hall–Kier alpha value is -2.67. The molecule has 0 aliphatic heterocycles. The molecule has 3 amide bonds. The van der Waals surface area contributed by atoms with Crippen LogP contribution in [0, 0.1) is 13.8 Å². The van der Waals surface area contributed by atoms with E-state index in [1.165, 1.54) is 11.3 Å². The second kappa shape index (κ2) is 8.43. The largest absolute Gasteiger partial charge is 0.343 e. The highest BCUT2D eigenvalue weighted by atomic mass is 32.1. The van der Waals surface area contributed by atoms with Crippen molar-refractivity contribution in [3.05, 3.63) is 56.8 Å². The van der Waals surface area contributed by atoms with Crippen molar-refractivity contribution in [3.8, 4) is 0 Å². The molecular formula is C18H21N3O3S. The maximum absolute atomic E-state index is 12.0. The van der Waals surface area contributed by atoms with Crippen LogP contribution < -0.4 is 16.2 Å². The molecule has 0 fully saturated rings. The zero-order valence-electron chi connectivity index (χ0n) is 14.4. The standard InChI is InChI=1S/C18H21N3O3S/c1-4-14-12(3)9-15(25-14)18(24)21-20-16(22)10-19-17(23)13-7-5-6-11(2)8-13/h5-9H,4,10H2,1-3H3,(H,19,23)(H,20,22)(H,21,24). The lowest BCUT2D eigenvalue weighted by molar-refractivity contribution is -0.120. The number of aryl methyl sites for hydroxylation is 3. The fourth-order valence-corrected chi connectivity index (χ4v) is 3.27. The predicted octanol–water partition coefficient (Wildman–Crippen LogP) is 2.12. The molecule has 0 unspecified atom stereocenters. The lowest BCUT2D eigenvalue weighted by Gasteiger charge is -2.08. The van der Waals surface area contributed by atoms with E-state index in [1.54, 1.807) is 24.3 Å². The van der Waals surface area contributed by atoms with Gasteiger partial charge in [-0.05, 0) is 44.0 Å². The molecule has 0 radical (unpaired) electrons. The van der Waals surface area contributed by atoms with Gasteiger partial charge in [0.05, 0.1) is 11.4 Å². The van der Waals surface area contributed by atoms with E-state index in [4.69, 9.17) is 0 Å². The van der Waals surface area contributed by atoms with Crippen molar-refractivity contribution in [2.24, 2.45) is 0 Å². The number of hydrazine groups is 1. The van der Waals surface area contributed by atoms with Gasteiger partial charge in [0, 0.05) is 10.4 Å². The Morgan fingerprint density at radius 3 is 2.44 bits per heavy atom. The molecular weight excluding hydrogens is 338 g/mol. The van der Waals surface area contributed by atoms with Gasteiger partial charge in [-0.2, -0.15) is 0 Å². The molecule has 7 heteroatoms. The minimum atomic E-state index is -0.502. The van der Waals surface area contributed by atoms with Crippen LogP contribution in [-0.2, 0) is 11.2 Å². The fourth-order valence-electron chi connectivity index (χ4n) is 2.26. The summed E-state index contributed by atoms with van der Waals surface area (Å²) in [6.45, 7) is 5.64. The zero-order valence-corrected chi connectivity index (χ0v) is 15.3. The smallest absolute Gasteiger partial charge is 0.279 e.